The lowest BCUT2D eigenvalue weighted by Crippen LogP contribution is -2.42. The molecule has 0 unspecified atom stereocenters. The number of hydrogen-bond donors (Lipinski definition) is 1. The third-order valence-corrected chi connectivity index (χ3v) is 4.75. The molecule has 2 amide bonds. The molecule has 1 aliphatic rings. The number of thioether (sulfide) groups is 1. The van der Waals surface area contributed by atoms with E-state index < -0.39 is 0 Å². The molecular formula is C16H19N3O2S. The quantitative estimate of drug-likeness (QED) is 0.861. The van der Waals surface area contributed by atoms with Crippen LogP contribution in [0.25, 0.3) is 0 Å². The average Bonchev–Trinajstić information content (AvgIpc) is 2.59. The fourth-order valence-corrected chi connectivity index (χ4v) is 3.30. The highest BCUT2D eigenvalue weighted by Gasteiger charge is 2.28. The molecule has 1 fully saturated rings. The number of benzene rings is 1. The Balaban J connectivity index is 2.04. The molecule has 0 radical (unpaired) electrons. The van der Waals surface area contributed by atoms with Crippen LogP contribution >= 0.6 is 11.8 Å². The van der Waals surface area contributed by atoms with Crippen molar-refractivity contribution < 1.29 is 9.59 Å². The molecule has 1 aromatic carbocycles. The number of nitriles is 1. The van der Waals surface area contributed by atoms with Gasteiger partial charge in [-0.1, -0.05) is 12.1 Å². The van der Waals surface area contributed by atoms with Crippen LogP contribution < -0.4 is 5.32 Å². The molecule has 1 aliphatic heterocycles. The summed E-state index contributed by atoms with van der Waals surface area (Å²) in [6.07, 6.45) is 1.39. The van der Waals surface area contributed by atoms with Gasteiger partial charge in [0.2, 0.25) is 5.91 Å². The third kappa shape index (κ3) is 3.80. The zero-order valence-electron chi connectivity index (χ0n) is 12.5. The van der Waals surface area contributed by atoms with Gasteiger partial charge in [0, 0.05) is 31.0 Å². The number of carbonyl (C=O) groups is 2. The van der Waals surface area contributed by atoms with Gasteiger partial charge < -0.3 is 10.2 Å². The minimum atomic E-state index is -0.0172. The van der Waals surface area contributed by atoms with E-state index >= 15 is 0 Å². The van der Waals surface area contributed by atoms with E-state index in [0.717, 1.165) is 4.90 Å². The smallest absolute Gasteiger partial charge is 0.254 e. The molecule has 0 spiro atoms. The highest BCUT2D eigenvalue weighted by Crippen LogP contribution is 2.25. The fraction of sp³-hybridized carbons (Fsp3) is 0.438. The summed E-state index contributed by atoms with van der Waals surface area (Å²) in [5.74, 6) is 0.356. The Hall–Kier alpha value is -2.00. The number of nitrogens with one attached hydrogen (secondary N) is 1. The van der Waals surface area contributed by atoms with Crippen molar-refractivity contribution in [1.82, 2.24) is 10.2 Å². The molecule has 1 N–H and O–H groups in total. The minimum absolute atomic E-state index is 0.00254. The van der Waals surface area contributed by atoms with E-state index in [-0.39, 0.29) is 17.7 Å². The summed E-state index contributed by atoms with van der Waals surface area (Å²) in [7, 11) is 1.64. The maximum Gasteiger partial charge on any atom is 0.254 e. The zero-order chi connectivity index (χ0) is 15.9. The Morgan fingerprint density at radius 3 is 2.68 bits per heavy atom. The summed E-state index contributed by atoms with van der Waals surface area (Å²) in [4.78, 5) is 26.9. The number of nitrogens with zero attached hydrogens (tertiary/aromatic N) is 2. The molecule has 1 aromatic rings. The number of carbonyl (C=O) groups excluding carboxylic acids is 2. The molecule has 0 saturated carbocycles. The summed E-state index contributed by atoms with van der Waals surface area (Å²) in [5.41, 5.74) is 0.640. The number of rotatable bonds is 4. The minimum Gasteiger partial charge on any atom is -0.359 e. The van der Waals surface area contributed by atoms with Gasteiger partial charge in [-0.3, -0.25) is 9.59 Å². The first-order valence-corrected chi connectivity index (χ1v) is 8.25. The van der Waals surface area contributed by atoms with Gasteiger partial charge in [-0.25, -0.2) is 0 Å². The van der Waals surface area contributed by atoms with Crippen molar-refractivity contribution in [3.05, 3.63) is 29.8 Å². The van der Waals surface area contributed by atoms with Crippen molar-refractivity contribution in [3.63, 3.8) is 0 Å². The lowest BCUT2D eigenvalue weighted by Gasteiger charge is -2.31. The Morgan fingerprint density at radius 1 is 1.36 bits per heavy atom. The summed E-state index contributed by atoms with van der Waals surface area (Å²) in [6.45, 7) is 1.18. The first kappa shape index (κ1) is 16.4. The molecule has 1 heterocycles. The monoisotopic (exact) mass is 317 g/mol. The molecule has 0 atom stereocenters. The first-order chi connectivity index (χ1) is 10.7. The van der Waals surface area contributed by atoms with E-state index in [4.69, 9.17) is 5.26 Å². The van der Waals surface area contributed by atoms with Crippen LogP contribution in [0.3, 0.4) is 0 Å². The van der Waals surface area contributed by atoms with Gasteiger partial charge >= 0.3 is 0 Å². The second-order valence-corrected chi connectivity index (χ2v) is 6.14. The standard InChI is InChI=1S/C16H19N3O2S/c1-18-15(20)12-6-9-19(10-7-12)16(21)13-4-2-3-5-14(13)22-11-8-17/h2-5,12H,6-7,9-11H2,1H3,(H,18,20). The van der Waals surface area contributed by atoms with Crippen LogP contribution in [0.15, 0.2) is 29.2 Å². The van der Waals surface area contributed by atoms with Gasteiger partial charge in [-0.05, 0) is 25.0 Å². The lowest BCUT2D eigenvalue weighted by molar-refractivity contribution is -0.125. The van der Waals surface area contributed by atoms with E-state index in [1.807, 2.05) is 18.2 Å². The highest BCUT2D eigenvalue weighted by atomic mass is 32.2. The van der Waals surface area contributed by atoms with Gasteiger partial charge in [-0.2, -0.15) is 5.26 Å². The normalized spacial score (nSPS) is 15.2. The molecule has 116 valence electrons. The van der Waals surface area contributed by atoms with Gasteiger partial charge in [0.15, 0.2) is 0 Å². The molecule has 22 heavy (non-hydrogen) atoms. The number of hydrogen-bond acceptors (Lipinski definition) is 4. The van der Waals surface area contributed by atoms with E-state index in [2.05, 4.69) is 11.4 Å². The number of amides is 2. The number of piperidine rings is 1. The van der Waals surface area contributed by atoms with Crippen LogP contribution in [0.4, 0.5) is 0 Å². The maximum atomic E-state index is 12.7. The molecule has 0 aromatic heterocycles. The second-order valence-electron chi connectivity index (χ2n) is 5.12. The van der Waals surface area contributed by atoms with Crippen LogP contribution in [-0.4, -0.2) is 42.6 Å². The van der Waals surface area contributed by atoms with Crippen LogP contribution in [-0.2, 0) is 4.79 Å². The summed E-state index contributed by atoms with van der Waals surface area (Å²) >= 11 is 1.38. The molecule has 2 rings (SSSR count). The van der Waals surface area contributed by atoms with Crippen molar-refractivity contribution in [1.29, 1.82) is 5.26 Å². The van der Waals surface area contributed by atoms with Crippen molar-refractivity contribution in [2.24, 2.45) is 5.92 Å². The number of likely N-dealkylation sites (tertiary alicyclic amines) is 1. The third-order valence-electron chi connectivity index (χ3n) is 3.81. The van der Waals surface area contributed by atoms with E-state index in [1.165, 1.54) is 11.8 Å². The Morgan fingerprint density at radius 2 is 2.05 bits per heavy atom. The maximum absolute atomic E-state index is 12.7. The molecule has 5 nitrogen and oxygen atoms in total. The lowest BCUT2D eigenvalue weighted by atomic mass is 9.95. The van der Waals surface area contributed by atoms with E-state index in [9.17, 15) is 9.59 Å². The van der Waals surface area contributed by atoms with Crippen LogP contribution in [0.1, 0.15) is 23.2 Å². The first-order valence-electron chi connectivity index (χ1n) is 7.27. The van der Waals surface area contributed by atoms with Gasteiger partial charge in [0.25, 0.3) is 5.91 Å². The summed E-state index contributed by atoms with van der Waals surface area (Å²) in [5, 5.41) is 11.4. The summed E-state index contributed by atoms with van der Waals surface area (Å²) < 4.78 is 0. The van der Waals surface area contributed by atoms with Crippen molar-refractivity contribution in [2.75, 3.05) is 25.9 Å². The predicted octanol–water partition coefficient (Wildman–Crippen LogP) is 1.90. The Bertz CT molecular complexity index is 589. The highest BCUT2D eigenvalue weighted by molar-refractivity contribution is 7.99. The molecule has 0 aliphatic carbocycles. The van der Waals surface area contributed by atoms with Gasteiger partial charge in [-0.15, -0.1) is 11.8 Å². The second kappa shape index (κ2) is 7.85. The Labute approximate surface area is 134 Å². The molecular weight excluding hydrogens is 298 g/mol. The van der Waals surface area contributed by atoms with Crippen LogP contribution in [0.5, 0.6) is 0 Å². The topological polar surface area (TPSA) is 73.2 Å². The van der Waals surface area contributed by atoms with E-state index in [1.54, 1.807) is 18.0 Å². The fourth-order valence-electron chi connectivity index (χ4n) is 2.60. The largest absolute Gasteiger partial charge is 0.359 e. The zero-order valence-corrected chi connectivity index (χ0v) is 13.4. The molecule has 1 saturated heterocycles. The van der Waals surface area contributed by atoms with Gasteiger partial charge in [0.05, 0.1) is 17.4 Å². The van der Waals surface area contributed by atoms with E-state index in [0.29, 0.717) is 37.2 Å². The Kier molecular flexibility index (Phi) is 5.84. The SMILES string of the molecule is CNC(=O)C1CCN(C(=O)c2ccccc2SCC#N)CC1. The molecule has 6 heteroatoms. The van der Waals surface area contributed by atoms with Crippen LogP contribution in [0, 0.1) is 17.2 Å². The van der Waals surface area contributed by atoms with Crippen molar-refractivity contribution >= 4 is 23.6 Å². The van der Waals surface area contributed by atoms with Crippen molar-refractivity contribution in [2.45, 2.75) is 17.7 Å². The predicted molar refractivity (Wildman–Crippen MR) is 85.5 cm³/mol. The van der Waals surface area contributed by atoms with Gasteiger partial charge in [0.1, 0.15) is 0 Å². The van der Waals surface area contributed by atoms with Crippen LogP contribution in [0.2, 0.25) is 0 Å². The average molecular weight is 317 g/mol. The molecule has 0 bridgehead atoms. The summed E-state index contributed by atoms with van der Waals surface area (Å²) in [6, 6.07) is 9.45. The van der Waals surface area contributed by atoms with Crippen molar-refractivity contribution in [3.8, 4) is 6.07 Å².